The first kappa shape index (κ1) is 12.8. The summed E-state index contributed by atoms with van der Waals surface area (Å²) in [7, 11) is 0. The fourth-order valence-electron chi connectivity index (χ4n) is 1.67. The monoisotopic (exact) mass is 309 g/mol. The highest BCUT2D eigenvalue weighted by Crippen LogP contribution is 2.25. The number of hydrogen-bond acceptors (Lipinski definition) is 3. The van der Waals surface area contributed by atoms with Crippen LogP contribution in [0.5, 0.6) is 0 Å². The summed E-state index contributed by atoms with van der Waals surface area (Å²) in [5.41, 5.74) is 7.53. The lowest BCUT2D eigenvalue weighted by Gasteiger charge is -2.12. The van der Waals surface area contributed by atoms with Gasteiger partial charge in [0.2, 0.25) is 0 Å². The van der Waals surface area contributed by atoms with Crippen LogP contribution >= 0.6 is 15.9 Å². The van der Waals surface area contributed by atoms with E-state index in [1.165, 1.54) is 0 Å². The van der Waals surface area contributed by atoms with E-state index < -0.39 is 12.0 Å². The normalized spacial score (nSPS) is 12.3. The van der Waals surface area contributed by atoms with E-state index in [1.54, 1.807) is 12.5 Å². The molecule has 0 fully saturated rings. The number of aliphatic carboxylic acids is 1. The molecular weight excluding hydrogens is 298 g/mol. The molecule has 1 atom stereocenters. The number of nitrogens with two attached hydrogens (primary N) is 1. The maximum Gasteiger partial charge on any atom is 0.305 e. The molecule has 0 aliphatic rings. The molecule has 2 rings (SSSR count). The summed E-state index contributed by atoms with van der Waals surface area (Å²) in [4.78, 5) is 14.6. The number of halogens is 1. The number of carbonyl (C=O) groups is 1. The fourth-order valence-corrected chi connectivity index (χ4v) is 2.27. The molecule has 0 aliphatic heterocycles. The van der Waals surface area contributed by atoms with Gasteiger partial charge in [0.1, 0.15) is 0 Å². The zero-order chi connectivity index (χ0) is 13.1. The highest BCUT2D eigenvalue weighted by atomic mass is 79.9. The van der Waals surface area contributed by atoms with Gasteiger partial charge in [-0.1, -0.05) is 6.07 Å². The third-order valence-electron chi connectivity index (χ3n) is 2.58. The number of benzene rings is 1. The molecule has 0 saturated carbocycles. The van der Waals surface area contributed by atoms with Crippen LogP contribution in [0.15, 0.2) is 41.4 Å². The van der Waals surface area contributed by atoms with Gasteiger partial charge in [0.15, 0.2) is 0 Å². The fraction of sp³-hybridized carbons (Fsp3) is 0.167. The van der Waals surface area contributed by atoms with Crippen LogP contribution in [-0.2, 0) is 4.79 Å². The Morgan fingerprint density at radius 1 is 1.56 bits per heavy atom. The van der Waals surface area contributed by atoms with Crippen LogP contribution in [0.1, 0.15) is 18.0 Å². The summed E-state index contributed by atoms with van der Waals surface area (Å²) in [6.45, 7) is 0. The lowest BCUT2D eigenvalue weighted by molar-refractivity contribution is -0.137. The largest absolute Gasteiger partial charge is 0.481 e. The predicted molar refractivity (Wildman–Crippen MR) is 70.4 cm³/mol. The van der Waals surface area contributed by atoms with Crippen LogP contribution in [0.4, 0.5) is 0 Å². The van der Waals surface area contributed by atoms with Crippen molar-refractivity contribution >= 4 is 21.9 Å². The number of carboxylic acid groups (broad SMARTS) is 1. The van der Waals surface area contributed by atoms with Crippen molar-refractivity contribution in [3.63, 3.8) is 0 Å². The summed E-state index contributed by atoms with van der Waals surface area (Å²) in [5.74, 6) is -0.905. The quantitative estimate of drug-likeness (QED) is 0.906. The van der Waals surface area contributed by atoms with Crippen molar-refractivity contribution in [1.82, 2.24) is 9.55 Å². The van der Waals surface area contributed by atoms with E-state index in [0.717, 1.165) is 15.7 Å². The third-order valence-corrected chi connectivity index (χ3v) is 3.21. The standard InChI is InChI=1S/C12H12BrN3O2/c13-9-5-8(10(14)6-12(17)18)1-2-11(9)16-4-3-15-7-16/h1-5,7,10H,6,14H2,(H,17,18). The van der Waals surface area contributed by atoms with Gasteiger partial charge in [0, 0.05) is 22.9 Å². The van der Waals surface area contributed by atoms with E-state index in [1.807, 2.05) is 29.0 Å². The summed E-state index contributed by atoms with van der Waals surface area (Å²) >= 11 is 3.45. The lowest BCUT2D eigenvalue weighted by atomic mass is 10.0. The molecule has 2 aromatic rings. The minimum Gasteiger partial charge on any atom is -0.481 e. The molecule has 94 valence electrons. The molecule has 18 heavy (non-hydrogen) atoms. The molecule has 0 spiro atoms. The maximum atomic E-state index is 10.6. The zero-order valence-electron chi connectivity index (χ0n) is 9.45. The van der Waals surface area contributed by atoms with Crippen molar-refractivity contribution in [3.05, 3.63) is 47.0 Å². The van der Waals surface area contributed by atoms with Crippen LogP contribution < -0.4 is 5.73 Å². The molecule has 1 aromatic carbocycles. The van der Waals surface area contributed by atoms with Gasteiger partial charge in [-0.25, -0.2) is 4.98 Å². The predicted octanol–water partition coefficient (Wildman–Crippen LogP) is 2.11. The minimum atomic E-state index is -0.905. The van der Waals surface area contributed by atoms with Crippen molar-refractivity contribution in [2.45, 2.75) is 12.5 Å². The summed E-state index contributed by atoms with van der Waals surface area (Å²) < 4.78 is 2.70. The van der Waals surface area contributed by atoms with Gasteiger partial charge in [0.05, 0.1) is 18.4 Å². The SMILES string of the molecule is NC(CC(=O)O)c1ccc(-n2ccnc2)c(Br)c1. The van der Waals surface area contributed by atoms with E-state index >= 15 is 0 Å². The molecule has 0 radical (unpaired) electrons. The first-order valence-electron chi connectivity index (χ1n) is 5.33. The van der Waals surface area contributed by atoms with Crippen molar-refractivity contribution < 1.29 is 9.90 Å². The number of carboxylic acids is 1. The Kier molecular flexibility index (Phi) is 3.78. The molecule has 5 nitrogen and oxygen atoms in total. The second kappa shape index (κ2) is 5.32. The molecule has 3 N–H and O–H groups in total. The molecule has 0 amide bonds. The van der Waals surface area contributed by atoms with Gasteiger partial charge in [-0.3, -0.25) is 4.79 Å². The van der Waals surface area contributed by atoms with Gasteiger partial charge in [-0.15, -0.1) is 0 Å². The Morgan fingerprint density at radius 3 is 2.89 bits per heavy atom. The van der Waals surface area contributed by atoms with Crippen LogP contribution in [0.2, 0.25) is 0 Å². The van der Waals surface area contributed by atoms with Gasteiger partial charge < -0.3 is 15.4 Å². The minimum absolute atomic E-state index is 0.0864. The zero-order valence-corrected chi connectivity index (χ0v) is 11.0. The molecule has 1 heterocycles. The number of hydrogen-bond donors (Lipinski definition) is 2. The van der Waals surface area contributed by atoms with E-state index in [-0.39, 0.29) is 6.42 Å². The Bertz CT molecular complexity index is 554. The third kappa shape index (κ3) is 2.77. The van der Waals surface area contributed by atoms with E-state index in [9.17, 15) is 4.79 Å². The van der Waals surface area contributed by atoms with Crippen molar-refractivity contribution in [2.24, 2.45) is 5.73 Å². The van der Waals surface area contributed by atoms with Crippen molar-refractivity contribution in [1.29, 1.82) is 0 Å². The average molecular weight is 310 g/mol. The topological polar surface area (TPSA) is 81.1 Å². The van der Waals surface area contributed by atoms with E-state index in [0.29, 0.717) is 0 Å². The van der Waals surface area contributed by atoms with Gasteiger partial charge >= 0.3 is 5.97 Å². The molecular formula is C12H12BrN3O2. The first-order valence-corrected chi connectivity index (χ1v) is 6.12. The van der Waals surface area contributed by atoms with Gasteiger partial charge in [-0.05, 0) is 33.6 Å². The summed E-state index contributed by atoms with van der Waals surface area (Å²) in [5, 5.41) is 8.72. The molecule has 0 aliphatic carbocycles. The number of rotatable bonds is 4. The van der Waals surface area contributed by atoms with E-state index in [4.69, 9.17) is 10.8 Å². The Balaban J connectivity index is 2.28. The van der Waals surface area contributed by atoms with Crippen molar-refractivity contribution in [3.8, 4) is 5.69 Å². The molecule has 1 aromatic heterocycles. The maximum absolute atomic E-state index is 10.6. The molecule has 0 saturated heterocycles. The highest BCUT2D eigenvalue weighted by molar-refractivity contribution is 9.10. The number of aromatic nitrogens is 2. The van der Waals surface area contributed by atoms with Gasteiger partial charge in [-0.2, -0.15) is 0 Å². The highest BCUT2D eigenvalue weighted by Gasteiger charge is 2.12. The van der Waals surface area contributed by atoms with Crippen LogP contribution in [0, 0.1) is 0 Å². The first-order chi connectivity index (χ1) is 8.58. The summed E-state index contributed by atoms with van der Waals surface area (Å²) in [6.07, 6.45) is 5.13. The molecule has 1 unspecified atom stereocenters. The van der Waals surface area contributed by atoms with E-state index in [2.05, 4.69) is 20.9 Å². The Labute approximate surface area is 112 Å². The molecule has 0 bridgehead atoms. The summed E-state index contributed by atoms with van der Waals surface area (Å²) in [6, 6.07) is 5.04. The second-order valence-electron chi connectivity index (χ2n) is 3.89. The lowest BCUT2D eigenvalue weighted by Crippen LogP contribution is -2.15. The number of nitrogens with zero attached hydrogens (tertiary/aromatic N) is 2. The Morgan fingerprint density at radius 2 is 2.33 bits per heavy atom. The van der Waals surface area contributed by atoms with Crippen LogP contribution in [-0.4, -0.2) is 20.6 Å². The van der Waals surface area contributed by atoms with Gasteiger partial charge in [0.25, 0.3) is 0 Å². The second-order valence-corrected chi connectivity index (χ2v) is 4.74. The smallest absolute Gasteiger partial charge is 0.305 e. The average Bonchev–Trinajstić information content (AvgIpc) is 2.81. The van der Waals surface area contributed by atoms with Crippen LogP contribution in [0.3, 0.4) is 0 Å². The molecule has 6 heteroatoms. The number of imidazole rings is 1. The Hall–Kier alpha value is -1.66. The van der Waals surface area contributed by atoms with Crippen molar-refractivity contribution in [2.75, 3.05) is 0 Å². The van der Waals surface area contributed by atoms with Crippen LogP contribution in [0.25, 0.3) is 5.69 Å².